The van der Waals surface area contributed by atoms with Gasteiger partial charge in [-0.3, -0.25) is 4.79 Å². The van der Waals surface area contributed by atoms with Gasteiger partial charge in [-0.2, -0.15) is 8.78 Å². The van der Waals surface area contributed by atoms with Crippen LogP contribution in [-0.4, -0.2) is 25.7 Å². The summed E-state index contributed by atoms with van der Waals surface area (Å²) in [6, 6.07) is 8.71. The van der Waals surface area contributed by atoms with Crippen molar-refractivity contribution in [3.05, 3.63) is 46.4 Å². The van der Waals surface area contributed by atoms with Crippen molar-refractivity contribution >= 4 is 34.8 Å². The third-order valence-corrected chi connectivity index (χ3v) is 3.74. The number of hydrogen-bond donors (Lipinski definition) is 1. The highest BCUT2D eigenvalue weighted by Crippen LogP contribution is 2.32. The molecule has 0 saturated carbocycles. The lowest BCUT2D eigenvalue weighted by molar-refractivity contribution is -0.122. The number of benzene rings is 2. The van der Waals surface area contributed by atoms with E-state index in [4.69, 9.17) is 32.7 Å². The molecule has 5 nitrogen and oxygen atoms in total. The minimum Gasteiger partial charge on any atom is -0.493 e. The quantitative estimate of drug-likeness (QED) is 0.703. The van der Waals surface area contributed by atoms with Crippen molar-refractivity contribution in [2.24, 2.45) is 0 Å². The Kier molecular flexibility index (Phi) is 6.88. The number of carbonyl (C=O) groups is 1. The van der Waals surface area contributed by atoms with Crippen molar-refractivity contribution in [1.29, 1.82) is 0 Å². The van der Waals surface area contributed by atoms with Gasteiger partial charge in [-0.15, -0.1) is 0 Å². The summed E-state index contributed by atoms with van der Waals surface area (Å²) in [5.41, 5.74) is 0.240. The van der Waals surface area contributed by atoms with Crippen LogP contribution < -0.4 is 19.5 Å². The van der Waals surface area contributed by atoms with Crippen molar-refractivity contribution in [3.8, 4) is 17.2 Å². The van der Waals surface area contributed by atoms with Gasteiger partial charge in [-0.1, -0.05) is 23.2 Å². The normalized spacial score (nSPS) is 11.8. The van der Waals surface area contributed by atoms with Crippen molar-refractivity contribution < 1.29 is 27.8 Å². The van der Waals surface area contributed by atoms with E-state index < -0.39 is 18.6 Å². The Bertz CT molecular complexity index is 789. The molecular weight excluding hydrogens is 391 g/mol. The first-order valence-electron chi connectivity index (χ1n) is 7.35. The van der Waals surface area contributed by atoms with Gasteiger partial charge in [0.1, 0.15) is 5.75 Å². The molecular formula is C17H15Cl2F2NO4. The van der Waals surface area contributed by atoms with Gasteiger partial charge < -0.3 is 19.5 Å². The van der Waals surface area contributed by atoms with E-state index >= 15 is 0 Å². The Morgan fingerprint density at radius 1 is 1.04 bits per heavy atom. The van der Waals surface area contributed by atoms with E-state index in [9.17, 15) is 13.6 Å². The van der Waals surface area contributed by atoms with Crippen LogP contribution in [-0.2, 0) is 4.79 Å². The van der Waals surface area contributed by atoms with Gasteiger partial charge in [-0.05, 0) is 37.3 Å². The van der Waals surface area contributed by atoms with E-state index in [-0.39, 0.29) is 28.0 Å². The van der Waals surface area contributed by atoms with Crippen LogP contribution in [0.1, 0.15) is 6.92 Å². The van der Waals surface area contributed by atoms with E-state index in [0.29, 0.717) is 5.02 Å². The molecule has 9 heteroatoms. The number of anilines is 1. The fourth-order valence-electron chi connectivity index (χ4n) is 2.00. The largest absolute Gasteiger partial charge is 0.493 e. The zero-order valence-electron chi connectivity index (χ0n) is 13.8. The van der Waals surface area contributed by atoms with Crippen LogP contribution in [0.5, 0.6) is 17.2 Å². The second-order valence-electron chi connectivity index (χ2n) is 5.07. The summed E-state index contributed by atoms with van der Waals surface area (Å²) < 4.78 is 39.7. The van der Waals surface area contributed by atoms with Gasteiger partial charge in [0.05, 0.1) is 12.1 Å². The van der Waals surface area contributed by atoms with Crippen LogP contribution in [0.15, 0.2) is 36.4 Å². The molecule has 0 radical (unpaired) electrons. The van der Waals surface area contributed by atoms with Crippen molar-refractivity contribution in [1.82, 2.24) is 0 Å². The van der Waals surface area contributed by atoms with Gasteiger partial charge in [-0.25, -0.2) is 0 Å². The zero-order valence-corrected chi connectivity index (χ0v) is 15.3. The average Bonchev–Trinajstić information content (AvgIpc) is 2.57. The number of ether oxygens (including phenoxy) is 3. The molecule has 1 N–H and O–H groups in total. The number of hydrogen-bond acceptors (Lipinski definition) is 4. The van der Waals surface area contributed by atoms with Crippen LogP contribution in [0.4, 0.5) is 14.5 Å². The molecule has 0 fully saturated rings. The number of methoxy groups -OCH3 is 1. The van der Waals surface area contributed by atoms with E-state index in [2.05, 4.69) is 10.1 Å². The Hall–Kier alpha value is -2.25. The number of rotatable bonds is 7. The molecule has 0 aliphatic carbocycles. The summed E-state index contributed by atoms with van der Waals surface area (Å²) in [4.78, 5) is 12.3. The second kappa shape index (κ2) is 8.91. The summed E-state index contributed by atoms with van der Waals surface area (Å²) in [7, 11) is 1.32. The van der Waals surface area contributed by atoms with Crippen LogP contribution >= 0.6 is 23.2 Å². The first kappa shape index (κ1) is 20.1. The molecule has 0 aromatic heterocycles. The topological polar surface area (TPSA) is 56.8 Å². The van der Waals surface area contributed by atoms with Gasteiger partial charge in [0.15, 0.2) is 17.6 Å². The predicted molar refractivity (Wildman–Crippen MR) is 94.8 cm³/mol. The summed E-state index contributed by atoms with van der Waals surface area (Å²) in [5.74, 6) is -0.311. The van der Waals surface area contributed by atoms with Crippen LogP contribution in [0.3, 0.4) is 0 Å². The molecule has 26 heavy (non-hydrogen) atoms. The van der Waals surface area contributed by atoms with Crippen LogP contribution in [0.25, 0.3) is 0 Å². The molecule has 1 atom stereocenters. The maximum Gasteiger partial charge on any atom is 0.387 e. The number of carbonyl (C=O) groups excluding carboxylic acids is 1. The standard InChI is InChI=1S/C17H15Cl2F2NO4/c1-9(25-13-5-3-10(18)7-12(13)19)16(23)22-11-4-6-14(24-2)15(8-11)26-17(20)21/h3-9,17H,1-2H3,(H,22,23). The third-order valence-electron chi connectivity index (χ3n) is 3.21. The highest BCUT2D eigenvalue weighted by Gasteiger charge is 2.18. The molecule has 0 heterocycles. The lowest BCUT2D eigenvalue weighted by atomic mass is 10.2. The summed E-state index contributed by atoms with van der Waals surface area (Å²) >= 11 is 11.8. The average molecular weight is 406 g/mol. The highest BCUT2D eigenvalue weighted by molar-refractivity contribution is 6.35. The summed E-state index contributed by atoms with van der Waals surface area (Å²) in [5, 5.41) is 3.24. The van der Waals surface area contributed by atoms with E-state index in [0.717, 1.165) is 0 Å². The fraction of sp³-hybridized carbons (Fsp3) is 0.235. The summed E-state index contributed by atoms with van der Waals surface area (Å²) in [6.07, 6.45) is -0.907. The smallest absolute Gasteiger partial charge is 0.387 e. The molecule has 2 aromatic rings. The fourth-order valence-corrected chi connectivity index (χ4v) is 2.45. The minimum absolute atomic E-state index is 0.112. The molecule has 2 aromatic carbocycles. The number of nitrogens with one attached hydrogen (secondary N) is 1. The van der Waals surface area contributed by atoms with Gasteiger partial charge in [0.25, 0.3) is 5.91 Å². The van der Waals surface area contributed by atoms with Gasteiger partial charge in [0.2, 0.25) is 0 Å². The molecule has 1 amide bonds. The lowest BCUT2D eigenvalue weighted by Gasteiger charge is -2.17. The molecule has 0 spiro atoms. The molecule has 0 aliphatic heterocycles. The Balaban J connectivity index is 2.08. The monoisotopic (exact) mass is 405 g/mol. The van der Waals surface area contributed by atoms with E-state index in [1.807, 2.05) is 0 Å². The second-order valence-corrected chi connectivity index (χ2v) is 5.91. The molecule has 0 aliphatic rings. The molecule has 1 unspecified atom stereocenters. The Morgan fingerprint density at radius 2 is 1.73 bits per heavy atom. The third kappa shape index (κ3) is 5.37. The Labute approximate surface area is 158 Å². The SMILES string of the molecule is COc1ccc(NC(=O)C(C)Oc2ccc(Cl)cc2Cl)cc1OC(F)F. The highest BCUT2D eigenvalue weighted by atomic mass is 35.5. The minimum atomic E-state index is -3.02. The van der Waals surface area contributed by atoms with Gasteiger partial charge in [0, 0.05) is 16.8 Å². The van der Waals surface area contributed by atoms with Crippen LogP contribution in [0, 0.1) is 0 Å². The first-order chi connectivity index (χ1) is 12.3. The predicted octanol–water partition coefficient (Wildman–Crippen LogP) is 5.01. The maximum absolute atomic E-state index is 12.5. The summed E-state index contributed by atoms with van der Waals surface area (Å²) in [6.45, 7) is -1.51. The van der Waals surface area contributed by atoms with Gasteiger partial charge >= 0.3 is 6.61 Å². The van der Waals surface area contributed by atoms with Crippen molar-refractivity contribution in [2.45, 2.75) is 19.6 Å². The van der Waals surface area contributed by atoms with Crippen molar-refractivity contribution in [2.75, 3.05) is 12.4 Å². The Morgan fingerprint density at radius 3 is 2.35 bits per heavy atom. The molecule has 140 valence electrons. The van der Waals surface area contributed by atoms with E-state index in [1.165, 1.54) is 44.4 Å². The zero-order chi connectivity index (χ0) is 19.3. The van der Waals surface area contributed by atoms with E-state index in [1.54, 1.807) is 6.07 Å². The number of amides is 1. The van der Waals surface area contributed by atoms with Crippen LogP contribution in [0.2, 0.25) is 10.0 Å². The number of alkyl halides is 2. The number of halogens is 4. The molecule has 0 bridgehead atoms. The lowest BCUT2D eigenvalue weighted by Crippen LogP contribution is -2.30. The first-order valence-corrected chi connectivity index (χ1v) is 8.11. The van der Waals surface area contributed by atoms with Crippen molar-refractivity contribution in [3.63, 3.8) is 0 Å². The molecule has 0 saturated heterocycles. The maximum atomic E-state index is 12.5. The molecule has 2 rings (SSSR count).